The Morgan fingerprint density at radius 2 is 1.95 bits per heavy atom. The van der Waals surface area contributed by atoms with Gasteiger partial charge in [-0.25, -0.2) is 15.1 Å². The highest BCUT2D eigenvalue weighted by Crippen LogP contribution is 2.65. The first-order valence-electron chi connectivity index (χ1n) is 15.1. The number of nitro groups is 1. The zero-order valence-electron chi connectivity index (χ0n) is 25.6. The lowest BCUT2D eigenvalue weighted by molar-refractivity contribution is -0.525. The highest BCUT2D eigenvalue weighted by Gasteiger charge is 2.68. The average molecular weight is 710 g/mol. The molecule has 2 amide bonds. The van der Waals surface area contributed by atoms with Gasteiger partial charge >= 0.3 is 7.12 Å². The Morgan fingerprint density at radius 3 is 2.60 bits per heavy atom. The van der Waals surface area contributed by atoms with Crippen LogP contribution in [0.15, 0.2) is 29.3 Å². The maximum atomic E-state index is 13.8. The number of guanidine groups is 1. The molecule has 0 aromatic heterocycles. The first-order valence-corrected chi connectivity index (χ1v) is 16.2. The molecule has 43 heavy (non-hydrogen) atoms. The summed E-state index contributed by atoms with van der Waals surface area (Å²) in [5.74, 6) is -0.0662. The molecule has 1 saturated heterocycles. The number of carbonyl (C=O) groups is 2. The topological polar surface area (TPSA) is 170 Å². The van der Waals surface area contributed by atoms with E-state index in [4.69, 9.17) is 15.0 Å². The highest BCUT2D eigenvalue weighted by molar-refractivity contribution is 14.1. The molecule has 1 heterocycles. The molecule has 236 valence electrons. The van der Waals surface area contributed by atoms with E-state index < -0.39 is 29.7 Å². The lowest BCUT2D eigenvalue weighted by Crippen LogP contribution is -2.65. The fraction of sp³-hybridized carbons (Fsp3) is 0.690. The summed E-state index contributed by atoms with van der Waals surface area (Å²) in [4.78, 5) is 41.4. The number of hydrogen-bond acceptors (Lipinski definition) is 7. The smallest absolute Gasteiger partial charge is 0.404 e. The van der Waals surface area contributed by atoms with Gasteiger partial charge in [-0.15, -0.1) is 0 Å². The number of hydrogen-bond donors (Lipinski definition) is 4. The number of benzene rings is 1. The molecule has 1 aromatic rings. The second kappa shape index (κ2) is 13.7. The molecule has 0 radical (unpaired) electrons. The standard InChI is InChI=1S/C29H44BIN6O6/c1-17(2)13-24(30-42-23-16-19-15-22(28(19,3)4)29(23,5)43-30)35-26(39)21(11-8-12-33-27(32)36-37(40)41)34-25(38)14-18-9-6-7-10-20(18)31/h6-7,9-10,17,19,21-24H,8,11-16H2,1-5H3,(H,34,38)(H,35,39)(H3,32,33,36)/t19-,21+,22-,23-,24+,29+/m1/s1. The van der Waals surface area contributed by atoms with E-state index in [1.165, 1.54) is 0 Å². The van der Waals surface area contributed by atoms with Gasteiger partial charge in [-0.05, 0) is 96.4 Å². The van der Waals surface area contributed by atoms with E-state index in [2.05, 4.69) is 72.8 Å². The maximum Gasteiger partial charge on any atom is 0.481 e. The van der Waals surface area contributed by atoms with Crippen LogP contribution in [0.4, 0.5) is 0 Å². The van der Waals surface area contributed by atoms with Crippen molar-refractivity contribution in [2.75, 3.05) is 6.54 Å². The number of nitrogens with one attached hydrogen (secondary N) is 3. The quantitative estimate of drug-likeness (QED) is 0.0461. The number of halogens is 1. The number of carbonyl (C=O) groups excluding carboxylic acids is 2. The highest BCUT2D eigenvalue weighted by atomic mass is 127. The SMILES string of the molecule is CC(C)C[C@H](NC(=O)[C@H](CCCN=C(N)N[N+](=O)[O-])NC(=O)Cc1ccccc1I)B1O[C@@H]2C[C@H]3C[C@H](C3(C)C)[C@]2(C)O1. The van der Waals surface area contributed by atoms with E-state index in [0.29, 0.717) is 24.7 Å². The summed E-state index contributed by atoms with van der Waals surface area (Å²) in [5.41, 5.74) is 7.99. The molecule has 0 unspecified atom stereocenters. The van der Waals surface area contributed by atoms with Crippen LogP contribution in [0.25, 0.3) is 0 Å². The molecule has 2 bridgehead atoms. The lowest BCUT2D eigenvalue weighted by atomic mass is 9.43. The van der Waals surface area contributed by atoms with E-state index in [1.807, 2.05) is 24.3 Å². The molecule has 3 saturated carbocycles. The number of aliphatic imine (C=N–C) groups is 1. The van der Waals surface area contributed by atoms with E-state index >= 15 is 0 Å². The predicted octanol–water partition coefficient (Wildman–Crippen LogP) is 2.99. The van der Waals surface area contributed by atoms with Crippen molar-refractivity contribution >= 4 is 47.5 Å². The molecule has 12 nitrogen and oxygen atoms in total. The Kier molecular flexibility index (Phi) is 10.6. The molecule has 5 N–H and O–H groups in total. The van der Waals surface area contributed by atoms with Crippen molar-refractivity contribution < 1.29 is 23.9 Å². The molecule has 0 spiro atoms. The number of rotatable bonds is 13. The Bertz CT molecular complexity index is 1230. The third kappa shape index (κ3) is 7.80. The van der Waals surface area contributed by atoms with Crippen LogP contribution in [0.5, 0.6) is 0 Å². The molecule has 14 heteroatoms. The molecule has 5 rings (SSSR count). The zero-order chi connectivity index (χ0) is 31.5. The van der Waals surface area contributed by atoms with Crippen molar-refractivity contribution in [2.45, 2.75) is 96.8 Å². The summed E-state index contributed by atoms with van der Waals surface area (Å²) in [5, 5.41) is 15.9. The second-order valence-electron chi connectivity index (χ2n) is 13.2. The number of nitrogens with two attached hydrogens (primary N) is 1. The minimum Gasteiger partial charge on any atom is -0.404 e. The summed E-state index contributed by atoms with van der Waals surface area (Å²) in [6.45, 7) is 11.1. The van der Waals surface area contributed by atoms with Gasteiger partial charge in [0.25, 0.3) is 5.96 Å². The van der Waals surface area contributed by atoms with Crippen LogP contribution >= 0.6 is 22.6 Å². The van der Waals surface area contributed by atoms with Crippen LogP contribution in [0.3, 0.4) is 0 Å². The van der Waals surface area contributed by atoms with Crippen molar-refractivity contribution in [1.29, 1.82) is 0 Å². The van der Waals surface area contributed by atoms with E-state index in [1.54, 1.807) is 5.43 Å². The Labute approximate surface area is 267 Å². The monoisotopic (exact) mass is 710 g/mol. The summed E-state index contributed by atoms with van der Waals surface area (Å²) in [6.07, 6.45) is 3.47. The van der Waals surface area contributed by atoms with Gasteiger partial charge in [-0.3, -0.25) is 9.59 Å². The molecular formula is C29H44BIN6O6. The van der Waals surface area contributed by atoms with E-state index in [-0.39, 0.29) is 54.6 Å². The molecule has 1 aromatic carbocycles. The van der Waals surface area contributed by atoms with Crippen LogP contribution in [-0.4, -0.2) is 60.2 Å². The fourth-order valence-corrected chi connectivity index (χ4v) is 7.63. The van der Waals surface area contributed by atoms with Crippen LogP contribution in [-0.2, 0) is 25.3 Å². The van der Waals surface area contributed by atoms with Crippen LogP contribution < -0.4 is 21.8 Å². The van der Waals surface area contributed by atoms with Gasteiger partial charge < -0.3 is 25.7 Å². The van der Waals surface area contributed by atoms with Gasteiger partial charge in [-0.1, -0.05) is 51.3 Å². The third-order valence-electron chi connectivity index (χ3n) is 9.45. The van der Waals surface area contributed by atoms with Crippen LogP contribution in [0.1, 0.15) is 72.3 Å². The van der Waals surface area contributed by atoms with Gasteiger partial charge in [0.05, 0.1) is 24.1 Å². The van der Waals surface area contributed by atoms with Crippen molar-refractivity contribution in [3.05, 3.63) is 43.5 Å². The Morgan fingerprint density at radius 1 is 1.23 bits per heavy atom. The summed E-state index contributed by atoms with van der Waals surface area (Å²) < 4.78 is 14.2. The fourth-order valence-electron chi connectivity index (χ4n) is 7.05. The molecule has 1 aliphatic heterocycles. The molecule has 4 fully saturated rings. The third-order valence-corrected chi connectivity index (χ3v) is 10.5. The largest absolute Gasteiger partial charge is 0.481 e. The van der Waals surface area contributed by atoms with Gasteiger partial charge in [0.2, 0.25) is 11.8 Å². The van der Waals surface area contributed by atoms with Crippen LogP contribution in [0.2, 0.25) is 0 Å². The summed E-state index contributed by atoms with van der Waals surface area (Å²) in [7, 11) is -0.587. The lowest BCUT2D eigenvalue weighted by Gasteiger charge is -2.64. The summed E-state index contributed by atoms with van der Waals surface area (Å²) in [6, 6.07) is 6.74. The molecular weight excluding hydrogens is 666 g/mol. The molecule has 6 atom stereocenters. The number of amides is 2. The van der Waals surface area contributed by atoms with Crippen molar-refractivity contribution in [3.63, 3.8) is 0 Å². The van der Waals surface area contributed by atoms with Gasteiger partial charge in [-0.2, -0.15) is 0 Å². The minimum absolute atomic E-state index is 0.0132. The molecule has 4 aliphatic rings. The molecule has 3 aliphatic carbocycles. The number of nitrogens with zero attached hydrogens (tertiary/aromatic N) is 2. The Hall–Kier alpha value is -2.46. The normalized spacial score (nSPS) is 27.1. The van der Waals surface area contributed by atoms with Crippen molar-refractivity contribution in [2.24, 2.45) is 33.9 Å². The van der Waals surface area contributed by atoms with E-state index in [0.717, 1.165) is 22.0 Å². The van der Waals surface area contributed by atoms with Crippen molar-refractivity contribution in [1.82, 2.24) is 16.1 Å². The Balaban J connectivity index is 1.46. The minimum atomic E-state index is -0.852. The van der Waals surface area contributed by atoms with Crippen LogP contribution in [0, 0.1) is 36.9 Å². The zero-order valence-corrected chi connectivity index (χ0v) is 27.8. The maximum absolute atomic E-state index is 13.8. The van der Waals surface area contributed by atoms with Gasteiger partial charge in [0.15, 0.2) is 5.03 Å². The van der Waals surface area contributed by atoms with Crippen molar-refractivity contribution in [3.8, 4) is 0 Å². The van der Waals surface area contributed by atoms with E-state index in [9.17, 15) is 19.7 Å². The average Bonchev–Trinajstić information content (AvgIpc) is 3.27. The first-order chi connectivity index (χ1) is 20.2. The van der Waals surface area contributed by atoms with Gasteiger partial charge in [0, 0.05) is 10.1 Å². The second-order valence-corrected chi connectivity index (χ2v) is 14.4. The predicted molar refractivity (Wildman–Crippen MR) is 172 cm³/mol. The van der Waals surface area contributed by atoms with Gasteiger partial charge in [0.1, 0.15) is 6.04 Å². The first kappa shape index (κ1) is 33.4. The number of hydrazine groups is 1. The summed E-state index contributed by atoms with van der Waals surface area (Å²) >= 11 is 2.18.